The van der Waals surface area contributed by atoms with Crippen LogP contribution in [-0.2, 0) is 0 Å². The maximum Gasteiger partial charge on any atom is 0.182 e. The van der Waals surface area contributed by atoms with Crippen molar-refractivity contribution in [3.8, 4) is 6.19 Å². The molecule has 0 aliphatic carbocycles. The van der Waals surface area contributed by atoms with Crippen LogP contribution in [0.4, 0.5) is 0 Å². The predicted octanol–water partition coefficient (Wildman–Crippen LogP) is 0.529. The van der Waals surface area contributed by atoms with Gasteiger partial charge < -0.3 is 0 Å². The molecule has 4 nitrogen and oxygen atoms in total. The largest absolute Gasteiger partial charge is 0.277 e. The van der Waals surface area contributed by atoms with Crippen LogP contribution < -0.4 is 5.32 Å². The molecule has 0 unspecified atom stereocenters. The second kappa shape index (κ2) is 4.09. The molecular formula is C8H8N4. The fraction of sp³-hybridized carbons (Fsp3) is 0.125. The summed E-state index contributed by atoms with van der Waals surface area (Å²) in [6.45, 7) is 0. The second-order valence-corrected chi connectivity index (χ2v) is 2.05. The molecule has 0 aliphatic heterocycles. The lowest BCUT2D eigenvalue weighted by atomic mass is 10.2. The third kappa shape index (κ3) is 1.80. The molecule has 0 atom stereocenters. The summed E-state index contributed by atoms with van der Waals surface area (Å²) in [4.78, 5) is 7.80. The highest BCUT2D eigenvalue weighted by molar-refractivity contribution is 5.99. The Kier molecular flexibility index (Phi) is 2.79. The Bertz CT molecular complexity index is 310. The number of hydrogen-bond donors (Lipinski definition) is 1. The molecule has 12 heavy (non-hydrogen) atoms. The molecule has 1 aromatic heterocycles. The summed E-state index contributed by atoms with van der Waals surface area (Å²) < 4.78 is 0. The maximum atomic E-state index is 8.37. The van der Waals surface area contributed by atoms with Gasteiger partial charge in [0.25, 0.3) is 0 Å². The van der Waals surface area contributed by atoms with Gasteiger partial charge in [0.05, 0.1) is 0 Å². The Labute approximate surface area is 70.6 Å². The average molecular weight is 160 g/mol. The van der Waals surface area contributed by atoms with Crippen molar-refractivity contribution in [2.45, 2.75) is 0 Å². The summed E-state index contributed by atoms with van der Waals surface area (Å²) in [5.74, 6) is 0.533. The molecule has 1 rings (SSSR count). The van der Waals surface area contributed by atoms with E-state index < -0.39 is 0 Å². The quantitative estimate of drug-likeness (QED) is 0.282. The lowest BCUT2D eigenvalue weighted by Crippen LogP contribution is -2.18. The Hall–Kier alpha value is -1.89. The van der Waals surface area contributed by atoms with Gasteiger partial charge in [-0.25, -0.2) is 0 Å². The molecule has 60 valence electrons. The van der Waals surface area contributed by atoms with Crippen molar-refractivity contribution in [3.05, 3.63) is 30.1 Å². The topological polar surface area (TPSA) is 61.1 Å². The molecule has 0 saturated carbocycles. The number of aliphatic imine (C=N–C) groups is 1. The van der Waals surface area contributed by atoms with Gasteiger partial charge in [-0.3, -0.25) is 15.3 Å². The van der Waals surface area contributed by atoms with E-state index in [9.17, 15) is 0 Å². The Morgan fingerprint density at radius 3 is 3.08 bits per heavy atom. The summed E-state index contributed by atoms with van der Waals surface area (Å²) in [6.07, 6.45) is 5.12. The van der Waals surface area contributed by atoms with Gasteiger partial charge in [0.2, 0.25) is 0 Å². The van der Waals surface area contributed by atoms with Crippen LogP contribution in [0.5, 0.6) is 0 Å². The zero-order valence-corrected chi connectivity index (χ0v) is 6.65. The van der Waals surface area contributed by atoms with Gasteiger partial charge in [-0.2, -0.15) is 5.26 Å². The zero-order chi connectivity index (χ0) is 8.81. The molecule has 0 amide bonds. The highest BCUT2D eigenvalue weighted by Crippen LogP contribution is 1.95. The zero-order valence-electron chi connectivity index (χ0n) is 6.65. The monoisotopic (exact) mass is 160 g/mol. The van der Waals surface area contributed by atoms with E-state index in [0.29, 0.717) is 5.84 Å². The van der Waals surface area contributed by atoms with Crippen LogP contribution in [0, 0.1) is 11.5 Å². The van der Waals surface area contributed by atoms with Crippen molar-refractivity contribution in [1.29, 1.82) is 5.26 Å². The Morgan fingerprint density at radius 1 is 1.75 bits per heavy atom. The first-order valence-corrected chi connectivity index (χ1v) is 3.40. The highest BCUT2D eigenvalue weighted by Gasteiger charge is 1.98. The van der Waals surface area contributed by atoms with Crippen LogP contribution in [0.1, 0.15) is 5.56 Å². The normalized spacial score (nSPS) is 10.5. The number of rotatable bonds is 1. The molecule has 0 aromatic carbocycles. The number of nitrogens with zero attached hydrogens (tertiary/aromatic N) is 3. The Balaban J connectivity index is 2.91. The molecule has 4 heteroatoms. The van der Waals surface area contributed by atoms with Crippen LogP contribution >= 0.6 is 0 Å². The van der Waals surface area contributed by atoms with E-state index in [1.165, 1.54) is 0 Å². The number of nitrogens with one attached hydrogen (secondary N) is 1. The molecule has 0 spiro atoms. The van der Waals surface area contributed by atoms with Gasteiger partial charge in [0.15, 0.2) is 6.19 Å². The standard InChI is InChI=1S/C8H8N4/c1-10-8(12-6-9)7-3-2-4-11-5-7/h2-5H,1H3,(H,10,12). The number of hydrogen-bond acceptors (Lipinski definition) is 3. The Morgan fingerprint density at radius 2 is 2.58 bits per heavy atom. The maximum absolute atomic E-state index is 8.37. The first-order valence-electron chi connectivity index (χ1n) is 3.40. The summed E-state index contributed by atoms with van der Waals surface area (Å²) in [5, 5.41) is 10.8. The minimum absolute atomic E-state index is 0.533. The van der Waals surface area contributed by atoms with Crippen molar-refractivity contribution in [1.82, 2.24) is 10.3 Å². The summed E-state index contributed by atoms with van der Waals surface area (Å²) in [7, 11) is 1.62. The van der Waals surface area contributed by atoms with Gasteiger partial charge in [-0.1, -0.05) is 0 Å². The first-order chi connectivity index (χ1) is 5.88. The van der Waals surface area contributed by atoms with Gasteiger partial charge >= 0.3 is 0 Å². The smallest absolute Gasteiger partial charge is 0.182 e. The van der Waals surface area contributed by atoms with Crippen molar-refractivity contribution < 1.29 is 0 Å². The van der Waals surface area contributed by atoms with Crippen molar-refractivity contribution in [2.24, 2.45) is 4.99 Å². The molecular weight excluding hydrogens is 152 g/mol. The molecule has 0 radical (unpaired) electrons. The number of amidine groups is 1. The van der Waals surface area contributed by atoms with E-state index in [0.717, 1.165) is 5.56 Å². The van der Waals surface area contributed by atoms with E-state index in [2.05, 4.69) is 15.3 Å². The minimum atomic E-state index is 0.533. The molecule has 0 bridgehead atoms. The molecule has 1 heterocycles. The predicted molar refractivity (Wildman–Crippen MR) is 45.4 cm³/mol. The number of nitriles is 1. The van der Waals surface area contributed by atoms with Gasteiger partial charge in [0, 0.05) is 25.0 Å². The third-order valence-electron chi connectivity index (χ3n) is 1.33. The number of pyridine rings is 1. The molecule has 0 fully saturated rings. The molecule has 1 N–H and O–H groups in total. The van der Waals surface area contributed by atoms with Crippen molar-refractivity contribution in [2.75, 3.05) is 7.05 Å². The second-order valence-electron chi connectivity index (χ2n) is 2.05. The van der Waals surface area contributed by atoms with Crippen molar-refractivity contribution >= 4 is 5.84 Å². The third-order valence-corrected chi connectivity index (χ3v) is 1.33. The summed E-state index contributed by atoms with van der Waals surface area (Å²) in [5.41, 5.74) is 0.807. The number of aromatic nitrogens is 1. The van der Waals surface area contributed by atoms with E-state index in [1.54, 1.807) is 25.5 Å². The van der Waals surface area contributed by atoms with E-state index in [4.69, 9.17) is 5.26 Å². The van der Waals surface area contributed by atoms with E-state index in [-0.39, 0.29) is 0 Å². The lowest BCUT2D eigenvalue weighted by molar-refractivity contribution is 1.21. The fourth-order valence-corrected chi connectivity index (χ4v) is 0.813. The van der Waals surface area contributed by atoms with Gasteiger partial charge in [-0.15, -0.1) is 0 Å². The van der Waals surface area contributed by atoms with Gasteiger partial charge in [-0.05, 0) is 12.1 Å². The van der Waals surface area contributed by atoms with E-state index >= 15 is 0 Å². The first kappa shape index (κ1) is 8.21. The fourth-order valence-electron chi connectivity index (χ4n) is 0.813. The lowest BCUT2D eigenvalue weighted by Gasteiger charge is -2.00. The van der Waals surface area contributed by atoms with Crippen LogP contribution in [0.3, 0.4) is 0 Å². The molecule has 0 saturated heterocycles. The molecule has 1 aromatic rings. The average Bonchev–Trinajstić information content (AvgIpc) is 2.15. The summed E-state index contributed by atoms with van der Waals surface area (Å²) >= 11 is 0. The minimum Gasteiger partial charge on any atom is -0.277 e. The van der Waals surface area contributed by atoms with Crippen LogP contribution in [0.2, 0.25) is 0 Å². The highest BCUT2D eigenvalue weighted by atomic mass is 15.0. The van der Waals surface area contributed by atoms with E-state index in [1.807, 2.05) is 12.3 Å². The van der Waals surface area contributed by atoms with Gasteiger partial charge in [0.1, 0.15) is 5.84 Å². The van der Waals surface area contributed by atoms with Crippen LogP contribution in [-0.4, -0.2) is 17.9 Å². The van der Waals surface area contributed by atoms with Crippen LogP contribution in [0.15, 0.2) is 29.5 Å². The summed E-state index contributed by atoms with van der Waals surface area (Å²) in [6, 6.07) is 3.62. The van der Waals surface area contributed by atoms with Crippen LogP contribution in [0.25, 0.3) is 0 Å². The SMILES string of the molecule is CN=C(NC#N)c1cccnc1. The molecule has 0 aliphatic rings. The van der Waals surface area contributed by atoms with Crippen molar-refractivity contribution in [3.63, 3.8) is 0 Å².